The first kappa shape index (κ1) is 20.7. The molecule has 1 aliphatic carbocycles. The zero-order valence-corrected chi connectivity index (χ0v) is 17.9. The lowest BCUT2D eigenvalue weighted by Gasteiger charge is -2.12. The maximum atomic E-state index is 5.96. The van der Waals surface area contributed by atoms with Crippen LogP contribution in [-0.4, -0.2) is 22.9 Å². The van der Waals surface area contributed by atoms with Crippen molar-refractivity contribution in [2.75, 3.05) is 6.61 Å². The molecule has 3 atom stereocenters. The summed E-state index contributed by atoms with van der Waals surface area (Å²) in [5.41, 5.74) is 10.1. The molecule has 7 heteroatoms. The van der Waals surface area contributed by atoms with Crippen LogP contribution in [0.4, 0.5) is 0 Å². The molecule has 5 rings (SSSR count). The predicted molar refractivity (Wildman–Crippen MR) is 116 cm³/mol. The molecule has 158 valence electrons. The second-order valence-corrected chi connectivity index (χ2v) is 7.87. The van der Waals surface area contributed by atoms with Gasteiger partial charge in [0.25, 0.3) is 0 Å². The van der Waals surface area contributed by atoms with Gasteiger partial charge in [-0.15, -0.1) is 12.4 Å². The average Bonchev–Trinajstić information content (AvgIpc) is 3.20. The molecule has 0 saturated heterocycles. The van der Waals surface area contributed by atoms with Crippen molar-refractivity contribution in [3.8, 4) is 22.9 Å². The lowest BCUT2D eigenvalue weighted by molar-refractivity contribution is 0.254. The largest absolute Gasteiger partial charge is 0.494 e. The van der Waals surface area contributed by atoms with Gasteiger partial charge in [0.05, 0.1) is 6.61 Å². The van der Waals surface area contributed by atoms with Crippen LogP contribution in [0.1, 0.15) is 54.7 Å². The van der Waals surface area contributed by atoms with E-state index in [1.165, 1.54) is 11.1 Å². The van der Waals surface area contributed by atoms with Crippen molar-refractivity contribution in [3.63, 3.8) is 0 Å². The summed E-state index contributed by atoms with van der Waals surface area (Å²) in [6, 6.07) is 12.2. The van der Waals surface area contributed by atoms with Gasteiger partial charge >= 0.3 is 0 Å². The minimum Gasteiger partial charge on any atom is -0.494 e. The molecule has 1 aliphatic heterocycles. The Hall–Kier alpha value is -2.57. The van der Waals surface area contributed by atoms with Gasteiger partial charge in [-0.2, -0.15) is 4.98 Å². The van der Waals surface area contributed by atoms with Gasteiger partial charge in [-0.3, -0.25) is 0 Å². The fourth-order valence-corrected chi connectivity index (χ4v) is 4.13. The zero-order chi connectivity index (χ0) is 20.0. The summed E-state index contributed by atoms with van der Waals surface area (Å²) >= 11 is 0. The Kier molecular flexibility index (Phi) is 5.71. The molecule has 0 radical (unpaired) electrons. The van der Waals surface area contributed by atoms with Crippen molar-refractivity contribution >= 4 is 12.4 Å². The van der Waals surface area contributed by atoms with Crippen LogP contribution in [0.2, 0.25) is 0 Å². The summed E-state index contributed by atoms with van der Waals surface area (Å²) in [5.74, 6) is 3.77. The van der Waals surface area contributed by atoms with E-state index >= 15 is 0 Å². The minimum absolute atomic E-state index is 0. The number of rotatable bonds is 6. The highest BCUT2D eigenvalue weighted by Gasteiger charge is 2.46. The van der Waals surface area contributed by atoms with Crippen LogP contribution >= 0.6 is 12.4 Å². The summed E-state index contributed by atoms with van der Waals surface area (Å²) < 4.78 is 17.5. The first-order chi connectivity index (χ1) is 14.2. The molecular weight excluding hydrogens is 402 g/mol. The molecule has 2 heterocycles. The van der Waals surface area contributed by atoms with Gasteiger partial charge < -0.3 is 19.7 Å². The van der Waals surface area contributed by atoms with Crippen LogP contribution in [0.5, 0.6) is 11.5 Å². The number of fused-ring (bicyclic) bond motifs is 1. The van der Waals surface area contributed by atoms with Gasteiger partial charge in [-0.25, -0.2) is 0 Å². The lowest BCUT2D eigenvalue weighted by atomic mass is 10.0. The van der Waals surface area contributed by atoms with Gasteiger partial charge in [0, 0.05) is 41.5 Å². The van der Waals surface area contributed by atoms with Crippen molar-refractivity contribution in [1.29, 1.82) is 0 Å². The van der Waals surface area contributed by atoms with E-state index in [1.807, 2.05) is 31.2 Å². The molecule has 0 spiro atoms. The van der Waals surface area contributed by atoms with E-state index in [-0.39, 0.29) is 24.4 Å². The number of aromatic nitrogens is 2. The summed E-state index contributed by atoms with van der Waals surface area (Å²) in [7, 11) is 0. The summed E-state index contributed by atoms with van der Waals surface area (Å²) in [4.78, 5) is 4.65. The third-order valence-corrected chi connectivity index (χ3v) is 5.72. The van der Waals surface area contributed by atoms with Crippen LogP contribution in [0.15, 0.2) is 40.9 Å². The topological polar surface area (TPSA) is 83.4 Å². The molecule has 3 unspecified atom stereocenters. The highest BCUT2D eigenvalue weighted by Crippen LogP contribution is 2.57. The molecule has 0 bridgehead atoms. The standard InChI is InChI=1S/C23H25N3O3.ClH/c1-3-27-21-9-16-8-13(2)28-20(16)11-18(21)17-10-19(17)23-25-22(26-29-23)15-6-4-14(12-24)5-7-15;/h4-7,9,11,13,17,19H,3,8,10,12,24H2,1-2H3;1H. The van der Waals surface area contributed by atoms with Crippen molar-refractivity contribution in [2.45, 2.75) is 51.2 Å². The Balaban J connectivity index is 0.00000218. The third kappa shape index (κ3) is 3.77. The van der Waals surface area contributed by atoms with Crippen LogP contribution in [-0.2, 0) is 13.0 Å². The number of nitrogens with two attached hydrogens (primary N) is 1. The van der Waals surface area contributed by atoms with Crippen molar-refractivity contribution < 1.29 is 14.0 Å². The summed E-state index contributed by atoms with van der Waals surface area (Å²) in [6.45, 7) is 5.27. The van der Waals surface area contributed by atoms with E-state index in [0.717, 1.165) is 35.5 Å². The first-order valence-electron chi connectivity index (χ1n) is 10.3. The quantitative estimate of drug-likeness (QED) is 0.618. The normalized spacial score (nSPS) is 21.5. The maximum absolute atomic E-state index is 5.96. The second kappa shape index (κ2) is 8.28. The number of hydrogen-bond acceptors (Lipinski definition) is 6. The van der Waals surface area contributed by atoms with E-state index < -0.39 is 0 Å². The van der Waals surface area contributed by atoms with Crippen LogP contribution in [0, 0.1) is 0 Å². The molecule has 1 fully saturated rings. The van der Waals surface area contributed by atoms with Crippen LogP contribution < -0.4 is 15.2 Å². The first-order valence-corrected chi connectivity index (χ1v) is 10.3. The number of benzene rings is 2. The van der Waals surface area contributed by atoms with Crippen LogP contribution in [0.25, 0.3) is 11.4 Å². The zero-order valence-electron chi connectivity index (χ0n) is 17.1. The molecule has 1 aromatic heterocycles. The Bertz CT molecular complexity index is 1030. The monoisotopic (exact) mass is 427 g/mol. The molecule has 1 saturated carbocycles. The molecule has 6 nitrogen and oxygen atoms in total. The second-order valence-electron chi connectivity index (χ2n) is 7.87. The number of hydrogen-bond donors (Lipinski definition) is 1. The number of ether oxygens (including phenoxy) is 2. The average molecular weight is 428 g/mol. The van der Waals surface area contributed by atoms with Crippen molar-refractivity contribution in [3.05, 3.63) is 59.0 Å². The van der Waals surface area contributed by atoms with Gasteiger partial charge in [0.1, 0.15) is 17.6 Å². The number of nitrogens with zero attached hydrogens (tertiary/aromatic N) is 2. The van der Waals surface area contributed by atoms with Gasteiger partial charge in [0.15, 0.2) is 0 Å². The van der Waals surface area contributed by atoms with E-state index in [9.17, 15) is 0 Å². The van der Waals surface area contributed by atoms with Gasteiger partial charge in [0.2, 0.25) is 11.7 Å². The number of halogens is 1. The van der Waals surface area contributed by atoms with Crippen molar-refractivity contribution in [2.24, 2.45) is 5.73 Å². The molecule has 3 aromatic rings. The molecule has 2 aromatic carbocycles. The predicted octanol–water partition coefficient (Wildman–Crippen LogP) is 4.61. The Morgan fingerprint density at radius 3 is 2.70 bits per heavy atom. The van der Waals surface area contributed by atoms with Gasteiger partial charge in [-0.05, 0) is 38.0 Å². The summed E-state index contributed by atoms with van der Waals surface area (Å²) in [6.07, 6.45) is 2.12. The maximum Gasteiger partial charge on any atom is 0.230 e. The van der Waals surface area contributed by atoms with E-state index in [1.54, 1.807) is 0 Å². The van der Waals surface area contributed by atoms with E-state index in [2.05, 4.69) is 29.2 Å². The molecule has 0 amide bonds. The highest BCUT2D eigenvalue weighted by molar-refractivity contribution is 5.85. The SMILES string of the molecule is CCOc1cc2c(cc1C1CC1c1nc(-c3ccc(CN)cc3)no1)OC(C)C2.Cl. The molecular formula is C23H26ClN3O3. The van der Waals surface area contributed by atoms with E-state index in [4.69, 9.17) is 19.7 Å². The van der Waals surface area contributed by atoms with Crippen LogP contribution in [0.3, 0.4) is 0 Å². The smallest absolute Gasteiger partial charge is 0.230 e. The summed E-state index contributed by atoms with van der Waals surface area (Å²) in [5, 5.41) is 4.18. The third-order valence-electron chi connectivity index (χ3n) is 5.72. The van der Waals surface area contributed by atoms with E-state index in [0.29, 0.717) is 30.8 Å². The molecule has 2 N–H and O–H groups in total. The van der Waals surface area contributed by atoms with Gasteiger partial charge in [-0.1, -0.05) is 29.4 Å². The fourth-order valence-electron chi connectivity index (χ4n) is 4.13. The Labute approximate surface area is 182 Å². The Morgan fingerprint density at radius 2 is 1.97 bits per heavy atom. The van der Waals surface area contributed by atoms with Crippen molar-refractivity contribution in [1.82, 2.24) is 10.1 Å². The Morgan fingerprint density at radius 1 is 1.17 bits per heavy atom. The fraction of sp³-hybridized carbons (Fsp3) is 0.391. The lowest BCUT2D eigenvalue weighted by Crippen LogP contribution is -2.05. The minimum atomic E-state index is 0. The molecule has 2 aliphatic rings. The molecule has 30 heavy (non-hydrogen) atoms. The highest BCUT2D eigenvalue weighted by atomic mass is 35.5.